The molecule has 0 aliphatic heterocycles. The zero-order chi connectivity index (χ0) is 13.7. The highest BCUT2D eigenvalue weighted by Gasteiger charge is 2.06. The predicted octanol–water partition coefficient (Wildman–Crippen LogP) is 4.05. The molecule has 0 aliphatic rings. The topological polar surface area (TPSA) is 21.3 Å². The van der Waals surface area contributed by atoms with Gasteiger partial charge in [0.25, 0.3) is 0 Å². The lowest BCUT2D eigenvalue weighted by atomic mass is 10.2. The molecule has 1 N–H and O–H groups in total. The molecular weight excluding hydrogens is 254 g/mol. The van der Waals surface area contributed by atoms with Crippen LogP contribution in [0.4, 0.5) is 0 Å². The molecule has 2 rings (SSSR count). The molecule has 0 amide bonds. The summed E-state index contributed by atoms with van der Waals surface area (Å²) in [5.74, 6) is 0.935. The van der Waals surface area contributed by atoms with Gasteiger partial charge in [-0.05, 0) is 38.6 Å². The van der Waals surface area contributed by atoms with Crippen LogP contribution in [-0.2, 0) is 13.2 Å². The van der Waals surface area contributed by atoms with Crippen LogP contribution in [-0.4, -0.2) is 6.54 Å². The predicted molar refractivity (Wildman–Crippen MR) is 81.9 cm³/mol. The quantitative estimate of drug-likeness (QED) is 0.858. The first kappa shape index (κ1) is 14.1. The molecule has 1 aromatic carbocycles. The molecular formula is C16H21NOS. The third-order valence-corrected chi connectivity index (χ3v) is 4.13. The van der Waals surface area contributed by atoms with Gasteiger partial charge in [0.05, 0.1) is 0 Å². The average Bonchev–Trinajstić information content (AvgIpc) is 2.76. The van der Waals surface area contributed by atoms with Crippen LogP contribution >= 0.6 is 11.3 Å². The van der Waals surface area contributed by atoms with E-state index in [1.807, 2.05) is 23.5 Å². The van der Waals surface area contributed by atoms with Gasteiger partial charge in [-0.3, -0.25) is 0 Å². The average molecular weight is 275 g/mol. The Morgan fingerprint density at radius 3 is 2.58 bits per heavy atom. The number of hydrogen-bond donors (Lipinski definition) is 1. The monoisotopic (exact) mass is 275 g/mol. The first-order chi connectivity index (χ1) is 9.19. The van der Waals surface area contributed by atoms with Crippen molar-refractivity contribution in [3.8, 4) is 5.75 Å². The highest BCUT2D eigenvalue weighted by Crippen LogP contribution is 2.23. The minimum atomic E-state index is 0.650. The molecule has 1 heterocycles. The summed E-state index contributed by atoms with van der Waals surface area (Å²) in [5.41, 5.74) is 2.55. The van der Waals surface area contributed by atoms with Gasteiger partial charge in [-0.2, -0.15) is 0 Å². The van der Waals surface area contributed by atoms with E-state index in [2.05, 4.69) is 44.3 Å². The van der Waals surface area contributed by atoms with Crippen LogP contribution in [0.1, 0.15) is 27.8 Å². The van der Waals surface area contributed by atoms with Crippen molar-refractivity contribution < 1.29 is 4.74 Å². The van der Waals surface area contributed by atoms with Crippen molar-refractivity contribution in [2.75, 3.05) is 6.54 Å². The Hall–Kier alpha value is -1.32. The minimum absolute atomic E-state index is 0.650. The summed E-state index contributed by atoms with van der Waals surface area (Å²) in [7, 11) is 0. The van der Waals surface area contributed by atoms with Crippen molar-refractivity contribution in [3.05, 3.63) is 51.2 Å². The van der Waals surface area contributed by atoms with Gasteiger partial charge in [0.15, 0.2) is 0 Å². The van der Waals surface area contributed by atoms with Gasteiger partial charge in [0.2, 0.25) is 0 Å². The number of rotatable bonds is 6. The van der Waals surface area contributed by atoms with E-state index in [9.17, 15) is 0 Å². The Labute approximate surface area is 119 Å². The SMILES string of the molecule is CCNCc1cc(COc2ccc(C)cc2)c(C)s1. The molecule has 0 radical (unpaired) electrons. The molecule has 2 aromatic rings. The molecule has 1 aromatic heterocycles. The van der Waals surface area contributed by atoms with E-state index >= 15 is 0 Å². The minimum Gasteiger partial charge on any atom is -0.489 e. The summed E-state index contributed by atoms with van der Waals surface area (Å²) in [5, 5.41) is 3.35. The highest BCUT2D eigenvalue weighted by atomic mass is 32.1. The van der Waals surface area contributed by atoms with Crippen LogP contribution in [0.15, 0.2) is 30.3 Å². The fourth-order valence-electron chi connectivity index (χ4n) is 1.86. The van der Waals surface area contributed by atoms with Crippen LogP contribution in [0.2, 0.25) is 0 Å². The fraction of sp³-hybridized carbons (Fsp3) is 0.375. The van der Waals surface area contributed by atoms with Gasteiger partial charge in [-0.1, -0.05) is 24.6 Å². The zero-order valence-electron chi connectivity index (χ0n) is 11.8. The first-order valence-corrected chi connectivity index (χ1v) is 7.49. The van der Waals surface area contributed by atoms with Crippen molar-refractivity contribution in [1.82, 2.24) is 5.32 Å². The molecule has 3 heteroatoms. The van der Waals surface area contributed by atoms with E-state index < -0.39 is 0 Å². The lowest BCUT2D eigenvalue weighted by Gasteiger charge is -2.05. The highest BCUT2D eigenvalue weighted by molar-refractivity contribution is 7.12. The maximum Gasteiger partial charge on any atom is 0.119 e. The fourth-order valence-corrected chi connectivity index (χ4v) is 2.88. The second-order valence-corrected chi connectivity index (χ2v) is 6.02. The summed E-state index contributed by atoms with van der Waals surface area (Å²) in [6, 6.07) is 10.4. The van der Waals surface area contributed by atoms with Crippen molar-refractivity contribution in [3.63, 3.8) is 0 Å². The van der Waals surface area contributed by atoms with Crippen LogP contribution in [0.5, 0.6) is 5.75 Å². The van der Waals surface area contributed by atoms with E-state index in [0.717, 1.165) is 18.8 Å². The molecule has 0 aliphatic carbocycles. The molecule has 102 valence electrons. The third kappa shape index (κ3) is 4.08. The summed E-state index contributed by atoms with van der Waals surface area (Å²) < 4.78 is 5.83. The van der Waals surface area contributed by atoms with Crippen molar-refractivity contribution >= 4 is 11.3 Å². The molecule has 19 heavy (non-hydrogen) atoms. The number of ether oxygens (including phenoxy) is 1. The second-order valence-electron chi connectivity index (χ2n) is 4.68. The number of benzene rings is 1. The Morgan fingerprint density at radius 2 is 1.89 bits per heavy atom. The molecule has 0 fully saturated rings. The normalized spacial score (nSPS) is 10.7. The van der Waals surface area contributed by atoms with Crippen LogP contribution in [0.25, 0.3) is 0 Å². The number of thiophene rings is 1. The smallest absolute Gasteiger partial charge is 0.119 e. The molecule has 0 saturated carbocycles. The lowest BCUT2D eigenvalue weighted by molar-refractivity contribution is 0.306. The van der Waals surface area contributed by atoms with Gasteiger partial charge in [-0.25, -0.2) is 0 Å². The van der Waals surface area contributed by atoms with Crippen LogP contribution in [0, 0.1) is 13.8 Å². The zero-order valence-corrected chi connectivity index (χ0v) is 12.6. The van der Waals surface area contributed by atoms with E-state index in [0.29, 0.717) is 6.61 Å². The van der Waals surface area contributed by atoms with Crippen LogP contribution in [0.3, 0.4) is 0 Å². The van der Waals surface area contributed by atoms with Gasteiger partial charge in [0.1, 0.15) is 12.4 Å². The Balaban J connectivity index is 1.95. The van der Waals surface area contributed by atoms with Gasteiger partial charge in [0, 0.05) is 21.9 Å². The number of hydrogen-bond acceptors (Lipinski definition) is 3. The Kier molecular flexibility index (Phi) is 5.00. The second kappa shape index (κ2) is 6.73. The first-order valence-electron chi connectivity index (χ1n) is 6.67. The lowest BCUT2D eigenvalue weighted by Crippen LogP contribution is -2.10. The molecule has 2 nitrogen and oxygen atoms in total. The van der Waals surface area contributed by atoms with Gasteiger partial charge < -0.3 is 10.1 Å². The summed E-state index contributed by atoms with van der Waals surface area (Å²) in [4.78, 5) is 2.72. The maximum absolute atomic E-state index is 5.83. The molecule has 0 saturated heterocycles. The standard InChI is InChI=1S/C16H21NOS/c1-4-17-10-16-9-14(13(3)19-16)11-18-15-7-5-12(2)6-8-15/h5-9,17H,4,10-11H2,1-3H3. The van der Waals surface area contributed by atoms with Crippen molar-refractivity contribution in [1.29, 1.82) is 0 Å². The van der Waals surface area contributed by atoms with Crippen molar-refractivity contribution in [2.45, 2.75) is 33.9 Å². The van der Waals surface area contributed by atoms with Gasteiger partial charge in [-0.15, -0.1) is 11.3 Å². The van der Waals surface area contributed by atoms with E-state index in [1.165, 1.54) is 20.9 Å². The molecule has 0 spiro atoms. The number of nitrogens with one attached hydrogen (secondary N) is 1. The largest absolute Gasteiger partial charge is 0.489 e. The van der Waals surface area contributed by atoms with Crippen molar-refractivity contribution in [2.24, 2.45) is 0 Å². The Bertz CT molecular complexity index is 516. The van der Waals surface area contributed by atoms with E-state index in [4.69, 9.17) is 4.74 Å². The number of aryl methyl sites for hydroxylation is 2. The molecule has 0 unspecified atom stereocenters. The molecule has 0 atom stereocenters. The molecule has 0 bridgehead atoms. The Morgan fingerprint density at radius 1 is 1.16 bits per heavy atom. The summed E-state index contributed by atoms with van der Waals surface area (Å²) in [6.07, 6.45) is 0. The third-order valence-electron chi connectivity index (χ3n) is 3.04. The van der Waals surface area contributed by atoms with E-state index in [-0.39, 0.29) is 0 Å². The van der Waals surface area contributed by atoms with Gasteiger partial charge >= 0.3 is 0 Å². The summed E-state index contributed by atoms with van der Waals surface area (Å²) >= 11 is 1.85. The maximum atomic E-state index is 5.83. The van der Waals surface area contributed by atoms with Crippen LogP contribution < -0.4 is 10.1 Å². The van der Waals surface area contributed by atoms with E-state index in [1.54, 1.807) is 0 Å². The summed E-state index contributed by atoms with van der Waals surface area (Å²) in [6.45, 7) is 8.98.